The largest absolute Gasteiger partial charge is 0.389 e. The number of rotatable bonds is 2. The summed E-state index contributed by atoms with van der Waals surface area (Å²) in [5, 5.41) is 9.85. The van der Waals surface area contributed by atoms with E-state index in [1.807, 2.05) is 13.0 Å². The van der Waals surface area contributed by atoms with Crippen molar-refractivity contribution < 1.29 is 14.7 Å². The minimum absolute atomic E-state index is 0.341. The zero-order valence-electron chi connectivity index (χ0n) is 11.8. The summed E-state index contributed by atoms with van der Waals surface area (Å²) in [6, 6.07) is 12.1. The van der Waals surface area contributed by atoms with Gasteiger partial charge in [-0.05, 0) is 32.0 Å². The van der Waals surface area contributed by atoms with Crippen LogP contribution < -0.4 is 4.90 Å². The Labute approximate surface area is 122 Å². The Bertz CT molecular complexity index is 749. The van der Waals surface area contributed by atoms with Crippen LogP contribution in [0.25, 0.3) is 0 Å². The number of carbonyl (C=O) groups excluding carboxylic acids is 2. The van der Waals surface area contributed by atoms with Crippen molar-refractivity contribution in [2.75, 3.05) is 4.90 Å². The van der Waals surface area contributed by atoms with Crippen LogP contribution >= 0.6 is 0 Å². The minimum Gasteiger partial charge on any atom is -0.389 e. The molecule has 1 heterocycles. The maximum Gasteiger partial charge on any atom is 0.266 e. The van der Waals surface area contributed by atoms with E-state index in [9.17, 15) is 14.7 Å². The molecule has 0 aliphatic carbocycles. The monoisotopic (exact) mass is 281 g/mol. The van der Waals surface area contributed by atoms with E-state index in [4.69, 9.17) is 0 Å². The molecule has 0 bridgehead atoms. The van der Waals surface area contributed by atoms with E-state index in [1.54, 1.807) is 43.3 Å². The number of aliphatic hydroxyl groups excluding tert-OH is 1. The summed E-state index contributed by atoms with van der Waals surface area (Å²) < 4.78 is 0. The Morgan fingerprint density at radius 1 is 1.00 bits per heavy atom. The number of aliphatic hydroxyl groups is 1. The van der Waals surface area contributed by atoms with Crippen molar-refractivity contribution in [3.63, 3.8) is 0 Å². The van der Waals surface area contributed by atoms with Crippen LogP contribution in [0, 0.1) is 6.92 Å². The molecule has 106 valence electrons. The summed E-state index contributed by atoms with van der Waals surface area (Å²) in [6.45, 7) is 3.49. The molecule has 2 aromatic carbocycles. The molecule has 1 atom stereocenters. The van der Waals surface area contributed by atoms with Crippen LogP contribution in [0.2, 0.25) is 0 Å². The maximum absolute atomic E-state index is 12.6. The number of hydrogen-bond acceptors (Lipinski definition) is 3. The fourth-order valence-electron chi connectivity index (χ4n) is 2.62. The fourth-order valence-corrected chi connectivity index (χ4v) is 2.62. The highest BCUT2D eigenvalue weighted by atomic mass is 16.3. The molecule has 2 amide bonds. The molecule has 0 saturated heterocycles. The summed E-state index contributed by atoms with van der Waals surface area (Å²) in [4.78, 5) is 26.2. The van der Waals surface area contributed by atoms with Crippen LogP contribution in [0.4, 0.5) is 5.69 Å². The zero-order chi connectivity index (χ0) is 15.1. The molecule has 2 aromatic rings. The van der Waals surface area contributed by atoms with Gasteiger partial charge in [0.2, 0.25) is 0 Å². The highest BCUT2D eigenvalue weighted by Gasteiger charge is 2.37. The summed E-state index contributed by atoms with van der Waals surface area (Å²) in [5.41, 5.74) is 2.76. The van der Waals surface area contributed by atoms with Gasteiger partial charge in [-0.3, -0.25) is 9.59 Å². The SMILES string of the molecule is Cc1ccc2c(c1)C(=O)N(c1ccccc1C(C)O)C2=O. The van der Waals surface area contributed by atoms with Gasteiger partial charge in [-0.25, -0.2) is 4.90 Å². The molecule has 4 heteroatoms. The van der Waals surface area contributed by atoms with Crippen LogP contribution in [0.1, 0.15) is 44.9 Å². The van der Waals surface area contributed by atoms with Gasteiger partial charge in [0, 0.05) is 5.56 Å². The first-order valence-corrected chi connectivity index (χ1v) is 6.77. The molecule has 0 aromatic heterocycles. The quantitative estimate of drug-likeness (QED) is 0.861. The Morgan fingerprint density at radius 2 is 1.67 bits per heavy atom. The lowest BCUT2D eigenvalue weighted by molar-refractivity contribution is 0.0925. The summed E-state index contributed by atoms with van der Waals surface area (Å²) in [5.74, 6) is -0.685. The molecule has 1 aliphatic heterocycles. The van der Waals surface area contributed by atoms with Crippen molar-refractivity contribution >= 4 is 17.5 Å². The van der Waals surface area contributed by atoms with Gasteiger partial charge in [-0.15, -0.1) is 0 Å². The van der Waals surface area contributed by atoms with Crippen molar-refractivity contribution in [2.45, 2.75) is 20.0 Å². The molecule has 1 aliphatic rings. The van der Waals surface area contributed by atoms with Gasteiger partial charge in [0.25, 0.3) is 11.8 Å². The van der Waals surface area contributed by atoms with E-state index < -0.39 is 6.10 Å². The van der Waals surface area contributed by atoms with Gasteiger partial charge in [0.05, 0.1) is 22.9 Å². The third-order valence-corrected chi connectivity index (χ3v) is 3.67. The first kappa shape index (κ1) is 13.5. The minimum atomic E-state index is -0.757. The number of aryl methyl sites for hydroxylation is 1. The van der Waals surface area contributed by atoms with Crippen molar-refractivity contribution in [2.24, 2.45) is 0 Å². The lowest BCUT2D eigenvalue weighted by Crippen LogP contribution is -2.30. The lowest BCUT2D eigenvalue weighted by atomic mass is 10.1. The van der Waals surface area contributed by atoms with Crippen LogP contribution in [0.3, 0.4) is 0 Å². The van der Waals surface area contributed by atoms with E-state index in [-0.39, 0.29) is 11.8 Å². The molecule has 0 fully saturated rings. The second-order valence-corrected chi connectivity index (χ2v) is 5.23. The number of hydrogen-bond donors (Lipinski definition) is 1. The maximum atomic E-state index is 12.6. The third-order valence-electron chi connectivity index (χ3n) is 3.67. The molecule has 1 unspecified atom stereocenters. The van der Waals surface area contributed by atoms with Crippen LogP contribution in [0.15, 0.2) is 42.5 Å². The molecule has 0 saturated carbocycles. The normalized spacial score (nSPS) is 15.3. The highest BCUT2D eigenvalue weighted by Crippen LogP contribution is 2.33. The molecule has 0 spiro atoms. The van der Waals surface area contributed by atoms with E-state index >= 15 is 0 Å². The van der Waals surface area contributed by atoms with Gasteiger partial charge in [-0.2, -0.15) is 0 Å². The van der Waals surface area contributed by atoms with E-state index in [1.165, 1.54) is 0 Å². The number of para-hydroxylation sites is 1. The van der Waals surface area contributed by atoms with Crippen molar-refractivity contribution in [3.05, 3.63) is 64.7 Å². The Hall–Kier alpha value is -2.46. The number of carbonyl (C=O) groups is 2. The predicted octanol–water partition coefficient (Wildman–Crippen LogP) is 2.85. The lowest BCUT2D eigenvalue weighted by Gasteiger charge is -2.19. The van der Waals surface area contributed by atoms with Crippen LogP contribution in [-0.2, 0) is 0 Å². The summed E-state index contributed by atoms with van der Waals surface area (Å²) in [7, 11) is 0. The van der Waals surface area contributed by atoms with Gasteiger partial charge in [0.1, 0.15) is 0 Å². The standard InChI is InChI=1S/C17H15NO3/c1-10-7-8-13-14(9-10)17(21)18(16(13)20)15-6-4-3-5-12(15)11(2)19/h3-9,11,19H,1-2H3. The molecule has 0 radical (unpaired) electrons. The second-order valence-electron chi connectivity index (χ2n) is 5.23. The molecule has 21 heavy (non-hydrogen) atoms. The van der Waals surface area contributed by atoms with Crippen molar-refractivity contribution in [3.8, 4) is 0 Å². The number of fused-ring (bicyclic) bond motifs is 1. The van der Waals surface area contributed by atoms with Crippen molar-refractivity contribution in [1.82, 2.24) is 0 Å². The van der Waals surface area contributed by atoms with Gasteiger partial charge >= 0.3 is 0 Å². The summed E-state index contributed by atoms with van der Waals surface area (Å²) in [6.07, 6.45) is -0.757. The van der Waals surface area contributed by atoms with Gasteiger partial charge in [-0.1, -0.05) is 29.8 Å². The number of amides is 2. The van der Waals surface area contributed by atoms with Gasteiger partial charge < -0.3 is 5.11 Å². The highest BCUT2D eigenvalue weighted by molar-refractivity contribution is 6.34. The number of nitrogens with zero attached hydrogens (tertiary/aromatic N) is 1. The van der Waals surface area contributed by atoms with Crippen LogP contribution in [0.5, 0.6) is 0 Å². The predicted molar refractivity (Wildman–Crippen MR) is 79.4 cm³/mol. The summed E-state index contributed by atoms with van der Waals surface area (Å²) >= 11 is 0. The molecular formula is C17H15NO3. The smallest absolute Gasteiger partial charge is 0.266 e. The van der Waals surface area contributed by atoms with Gasteiger partial charge in [0.15, 0.2) is 0 Å². The molecule has 4 nitrogen and oxygen atoms in total. The number of benzene rings is 2. The third kappa shape index (κ3) is 2.04. The Balaban J connectivity index is 2.15. The topological polar surface area (TPSA) is 57.6 Å². The first-order valence-electron chi connectivity index (χ1n) is 6.77. The molecular weight excluding hydrogens is 266 g/mol. The van der Waals surface area contributed by atoms with E-state index in [2.05, 4.69) is 0 Å². The average Bonchev–Trinajstić information content (AvgIpc) is 2.70. The second kappa shape index (κ2) is 4.82. The zero-order valence-corrected chi connectivity index (χ0v) is 11.8. The number of anilines is 1. The Kier molecular flexibility index (Phi) is 3.11. The first-order chi connectivity index (χ1) is 10.0. The van der Waals surface area contributed by atoms with Crippen molar-refractivity contribution in [1.29, 1.82) is 0 Å². The molecule has 3 rings (SSSR count). The van der Waals surface area contributed by atoms with E-state index in [0.29, 0.717) is 22.4 Å². The molecule has 1 N–H and O–H groups in total. The van der Waals surface area contributed by atoms with E-state index in [0.717, 1.165) is 10.5 Å². The Morgan fingerprint density at radius 3 is 2.38 bits per heavy atom. The number of imide groups is 1. The average molecular weight is 281 g/mol. The van der Waals surface area contributed by atoms with Crippen LogP contribution in [-0.4, -0.2) is 16.9 Å². The fraction of sp³-hybridized carbons (Fsp3) is 0.176.